The lowest BCUT2D eigenvalue weighted by molar-refractivity contribution is -0.149. The molecular weight excluding hydrogens is 208 g/mol. The van der Waals surface area contributed by atoms with Crippen LogP contribution < -0.4 is 5.32 Å². The van der Waals surface area contributed by atoms with Crippen molar-refractivity contribution in [2.45, 2.75) is 39.7 Å². The SMILES string of the molecule is CCNC(=O)CCN(CC)C(C)(C)C(=O)O. The van der Waals surface area contributed by atoms with Crippen LogP contribution in [0, 0.1) is 0 Å². The van der Waals surface area contributed by atoms with Crippen molar-refractivity contribution in [3.63, 3.8) is 0 Å². The number of hydrogen-bond acceptors (Lipinski definition) is 3. The number of likely N-dealkylation sites (N-methyl/N-ethyl adjacent to an activating group) is 1. The van der Waals surface area contributed by atoms with Crippen LogP contribution in [0.25, 0.3) is 0 Å². The molecule has 1 amide bonds. The van der Waals surface area contributed by atoms with Crippen LogP contribution in [0.3, 0.4) is 0 Å². The molecule has 0 heterocycles. The van der Waals surface area contributed by atoms with Crippen LogP contribution in [0.1, 0.15) is 34.1 Å². The molecule has 0 aromatic rings. The number of carbonyl (C=O) groups is 2. The molecule has 0 unspecified atom stereocenters. The van der Waals surface area contributed by atoms with Gasteiger partial charge in [0.25, 0.3) is 0 Å². The first-order valence-corrected chi connectivity index (χ1v) is 5.61. The fraction of sp³-hybridized carbons (Fsp3) is 0.818. The Bertz CT molecular complexity index is 252. The van der Waals surface area contributed by atoms with Crippen molar-refractivity contribution in [3.05, 3.63) is 0 Å². The summed E-state index contributed by atoms with van der Waals surface area (Å²) < 4.78 is 0. The minimum Gasteiger partial charge on any atom is -0.480 e. The molecule has 94 valence electrons. The minimum atomic E-state index is -0.929. The topological polar surface area (TPSA) is 69.6 Å². The second-order valence-corrected chi connectivity index (χ2v) is 4.15. The standard InChI is InChI=1S/C11H22N2O3/c1-5-12-9(14)7-8-13(6-2)11(3,4)10(15)16/h5-8H2,1-4H3,(H,12,14)(H,15,16). The van der Waals surface area contributed by atoms with E-state index in [-0.39, 0.29) is 5.91 Å². The van der Waals surface area contributed by atoms with Gasteiger partial charge in [-0.3, -0.25) is 14.5 Å². The van der Waals surface area contributed by atoms with Crippen LogP contribution in [0.4, 0.5) is 0 Å². The van der Waals surface area contributed by atoms with Gasteiger partial charge >= 0.3 is 5.97 Å². The summed E-state index contributed by atoms with van der Waals surface area (Å²) in [6, 6.07) is 0. The van der Waals surface area contributed by atoms with Crippen LogP contribution >= 0.6 is 0 Å². The van der Waals surface area contributed by atoms with Crippen LogP contribution in [0.2, 0.25) is 0 Å². The Labute approximate surface area is 96.8 Å². The van der Waals surface area contributed by atoms with Gasteiger partial charge in [0.15, 0.2) is 0 Å². The molecule has 0 atom stereocenters. The maximum atomic E-state index is 11.3. The van der Waals surface area contributed by atoms with E-state index in [4.69, 9.17) is 5.11 Å². The van der Waals surface area contributed by atoms with Gasteiger partial charge in [0.2, 0.25) is 5.91 Å². The first-order chi connectivity index (χ1) is 7.36. The van der Waals surface area contributed by atoms with Crippen LogP contribution in [0.15, 0.2) is 0 Å². The highest BCUT2D eigenvalue weighted by Gasteiger charge is 2.33. The summed E-state index contributed by atoms with van der Waals surface area (Å²) in [5.74, 6) is -0.910. The number of carboxylic acid groups (broad SMARTS) is 1. The Hall–Kier alpha value is -1.10. The molecule has 0 fully saturated rings. The van der Waals surface area contributed by atoms with Gasteiger partial charge in [-0.15, -0.1) is 0 Å². The van der Waals surface area contributed by atoms with E-state index in [0.29, 0.717) is 26.1 Å². The second-order valence-electron chi connectivity index (χ2n) is 4.15. The quantitative estimate of drug-likeness (QED) is 0.675. The fourth-order valence-electron chi connectivity index (χ4n) is 1.49. The van der Waals surface area contributed by atoms with E-state index in [2.05, 4.69) is 5.32 Å². The van der Waals surface area contributed by atoms with Crippen LogP contribution in [-0.2, 0) is 9.59 Å². The molecule has 0 spiro atoms. The normalized spacial score (nSPS) is 11.6. The predicted octanol–water partition coefficient (Wildman–Crippen LogP) is 0.698. The highest BCUT2D eigenvalue weighted by molar-refractivity contribution is 5.78. The monoisotopic (exact) mass is 230 g/mol. The Balaban J connectivity index is 4.31. The molecule has 0 rings (SSSR count). The van der Waals surface area contributed by atoms with Gasteiger partial charge in [0.1, 0.15) is 5.54 Å². The molecule has 0 aromatic heterocycles. The molecule has 5 heteroatoms. The highest BCUT2D eigenvalue weighted by Crippen LogP contribution is 2.14. The average molecular weight is 230 g/mol. The van der Waals surface area contributed by atoms with Crippen molar-refractivity contribution in [1.82, 2.24) is 10.2 Å². The number of rotatable bonds is 7. The molecule has 0 radical (unpaired) electrons. The molecule has 0 bridgehead atoms. The van der Waals surface area contributed by atoms with E-state index >= 15 is 0 Å². The average Bonchev–Trinajstić information content (AvgIpc) is 2.18. The van der Waals surface area contributed by atoms with Gasteiger partial charge in [-0.1, -0.05) is 6.92 Å². The predicted molar refractivity (Wildman–Crippen MR) is 62.3 cm³/mol. The van der Waals surface area contributed by atoms with E-state index in [1.54, 1.807) is 18.7 Å². The molecule has 0 aromatic carbocycles. The summed E-state index contributed by atoms with van der Waals surface area (Å²) in [5.41, 5.74) is -0.929. The maximum absolute atomic E-state index is 11.3. The van der Waals surface area contributed by atoms with Crippen molar-refractivity contribution in [2.75, 3.05) is 19.6 Å². The van der Waals surface area contributed by atoms with Crippen molar-refractivity contribution in [2.24, 2.45) is 0 Å². The van der Waals surface area contributed by atoms with E-state index in [0.717, 1.165) is 0 Å². The zero-order valence-electron chi connectivity index (χ0n) is 10.5. The van der Waals surface area contributed by atoms with E-state index in [1.807, 2.05) is 13.8 Å². The summed E-state index contributed by atoms with van der Waals surface area (Å²) in [5, 5.41) is 11.8. The van der Waals surface area contributed by atoms with Crippen molar-refractivity contribution in [1.29, 1.82) is 0 Å². The number of hydrogen-bond donors (Lipinski definition) is 2. The smallest absolute Gasteiger partial charge is 0.323 e. The summed E-state index contributed by atoms with van der Waals surface area (Å²) in [6.07, 6.45) is 0.332. The fourth-order valence-corrected chi connectivity index (χ4v) is 1.49. The lowest BCUT2D eigenvalue weighted by Crippen LogP contribution is -2.51. The largest absolute Gasteiger partial charge is 0.480 e. The van der Waals surface area contributed by atoms with Gasteiger partial charge in [0, 0.05) is 19.5 Å². The Morgan fingerprint density at radius 2 is 1.88 bits per heavy atom. The first kappa shape index (κ1) is 14.9. The van der Waals surface area contributed by atoms with Crippen molar-refractivity contribution < 1.29 is 14.7 Å². The third-order valence-electron chi connectivity index (χ3n) is 2.68. The molecule has 0 saturated carbocycles. The van der Waals surface area contributed by atoms with Crippen molar-refractivity contribution >= 4 is 11.9 Å². The van der Waals surface area contributed by atoms with Gasteiger partial charge in [0.05, 0.1) is 0 Å². The number of aliphatic carboxylic acids is 1. The molecule has 0 saturated heterocycles. The number of nitrogens with one attached hydrogen (secondary N) is 1. The lowest BCUT2D eigenvalue weighted by atomic mass is 10.0. The lowest BCUT2D eigenvalue weighted by Gasteiger charge is -2.33. The first-order valence-electron chi connectivity index (χ1n) is 5.61. The van der Waals surface area contributed by atoms with E-state index < -0.39 is 11.5 Å². The summed E-state index contributed by atoms with van der Waals surface area (Å²) in [6.45, 7) is 8.72. The molecule has 0 aliphatic rings. The molecular formula is C11H22N2O3. The molecule has 5 nitrogen and oxygen atoms in total. The Morgan fingerprint density at radius 1 is 1.31 bits per heavy atom. The van der Waals surface area contributed by atoms with Gasteiger partial charge in [-0.25, -0.2) is 0 Å². The van der Waals surface area contributed by atoms with Crippen LogP contribution in [0.5, 0.6) is 0 Å². The van der Waals surface area contributed by atoms with Gasteiger partial charge in [-0.05, 0) is 27.3 Å². The van der Waals surface area contributed by atoms with Crippen LogP contribution in [-0.4, -0.2) is 47.1 Å². The van der Waals surface area contributed by atoms with Crippen molar-refractivity contribution in [3.8, 4) is 0 Å². The molecule has 0 aliphatic carbocycles. The molecule has 16 heavy (non-hydrogen) atoms. The summed E-state index contributed by atoms with van der Waals surface area (Å²) >= 11 is 0. The molecule has 2 N–H and O–H groups in total. The number of carbonyl (C=O) groups excluding carboxylic acids is 1. The molecule has 0 aliphatic heterocycles. The maximum Gasteiger partial charge on any atom is 0.323 e. The Kier molecular flexibility index (Phi) is 6.03. The minimum absolute atomic E-state index is 0.0397. The zero-order chi connectivity index (χ0) is 12.8. The third kappa shape index (κ3) is 4.18. The summed E-state index contributed by atoms with van der Waals surface area (Å²) in [7, 11) is 0. The van der Waals surface area contributed by atoms with Gasteiger partial charge < -0.3 is 10.4 Å². The summed E-state index contributed by atoms with van der Waals surface area (Å²) in [4.78, 5) is 24.1. The van der Waals surface area contributed by atoms with Gasteiger partial charge in [-0.2, -0.15) is 0 Å². The third-order valence-corrected chi connectivity index (χ3v) is 2.68. The highest BCUT2D eigenvalue weighted by atomic mass is 16.4. The second kappa shape index (κ2) is 6.48. The number of amides is 1. The van der Waals surface area contributed by atoms with E-state index in [9.17, 15) is 9.59 Å². The number of carboxylic acids is 1. The number of nitrogens with zero attached hydrogens (tertiary/aromatic N) is 1. The van der Waals surface area contributed by atoms with E-state index in [1.165, 1.54) is 0 Å². The zero-order valence-corrected chi connectivity index (χ0v) is 10.5. The Morgan fingerprint density at radius 3 is 2.25 bits per heavy atom.